The van der Waals surface area contributed by atoms with Crippen molar-refractivity contribution in [2.75, 3.05) is 18.5 Å². The van der Waals surface area contributed by atoms with Gasteiger partial charge in [0, 0.05) is 6.07 Å². The van der Waals surface area contributed by atoms with E-state index in [0.29, 0.717) is 11.8 Å². The smallest absolute Gasteiger partial charge is 0.325 e. The molecule has 11 heteroatoms. The van der Waals surface area contributed by atoms with E-state index in [1.165, 1.54) is 10.9 Å². The van der Waals surface area contributed by atoms with Gasteiger partial charge in [0.2, 0.25) is 0 Å². The second-order valence-corrected chi connectivity index (χ2v) is 6.28. The van der Waals surface area contributed by atoms with E-state index in [9.17, 15) is 28.4 Å². The number of nitrogens with one attached hydrogen (secondary N) is 2. The number of hydrogen-bond donors (Lipinski definition) is 2. The highest BCUT2D eigenvalue weighted by Crippen LogP contribution is 2.19. The standard InChI is InChI=1S/C21H15F2N5O4/c22-14-6-7-16(17(23)8-14)21(31)25-11-19(30)32-12-18(29)27-20-13(9-24)10-26-28(20)15-4-2-1-3-5-15/h1-8,10H,11-12H2,(H,25,31)(H,27,29). The lowest BCUT2D eigenvalue weighted by molar-refractivity contribution is -0.146. The highest BCUT2D eigenvalue weighted by molar-refractivity contribution is 5.97. The average molecular weight is 439 g/mol. The van der Waals surface area contributed by atoms with Crippen LogP contribution in [0.5, 0.6) is 0 Å². The fraction of sp³-hybridized carbons (Fsp3) is 0.0952. The van der Waals surface area contributed by atoms with E-state index in [-0.39, 0.29) is 11.4 Å². The van der Waals surface area contributed by atoms with Gasteiger partial charge < -0.3 is 15.4 Å². The molecular weight excluding hydrogens is 424 g/mol. The number of anilines is 1. The molecule has 1 heterocycles. The van der Waals surface area contributed by atoms with Crippen molar-refractivity contribution in [1.29, 1.82) is 5.26 Å². The Bertz CT molecular complexity index is 1200. The average Bonchev–Trinajstić information content (AvgIpc) is 3.19. The molecule has 0 atom stereocenters. The summed E-state index contributed by atoms with van der Waals surface area (Å²) in [4.78, 5) is 35.9. The second-order valence-electron chi connectivity index (χ2n) is 6.28. The van der Waals surface area contributed by atoms with Crippen LogP contribution in [0.4, 0.5) is 14.6 Å². The van der Waals surface area contributed by atoms with Gasteiger partial charge in [0.25, 0.3) is 11.8 Å². The Kier molecular flexibility index (Phi) is 6.87. The molecule has 0 saturated heterocycles. The van der Waals surface area contributed by atoms with Crippen molar-refractivity contribution < 1.29 is 27.9 Å². The van der Waals surface area contributed by atoms with E-state index < -0.39 is 48.1 Å². The van der Waals surface area contributed by atoms with Gasteiger partial charge in [0.1, 0.15) is 29.8 Å². The maximum atomic E-state index is 13.6. The van der Waals surface area contributed by atoms with Crippen LogP contribution in [0.1, 0.15) is 15.9 Å². The fourth-order valence-electron chi connectivity index (χ4n) is 2.60. The molecule has 162 valence electrons. The number of esters is 1. The van der Waals surface area contributed by atoms with Crippen LogP contribution < -0.4 is 10.6 Å². The van der Waals surface area contributed by atoms with E-state index in [1.54, 1.807) is 30.3 Å². The summed E-state index contributed by atoms with van der Waals surface area (Å²) in [5.74, 6) is -4.50. The van der Waals surface area contributed by atoms with Gasteiger partial charge in [-0.25, -0.2) is 13.5 Å². The number of para-hydroxylation sites is 1. The van der Waals surface area contributed by atoms with Crippen LogP contribution in [0.15, 0.2) is 54.7 Å². The molecular formula is C21H15F2N5O4. The van der Waals surface area contributed by atoms with Crippen LogP contribution in [-0.4, -0.2) is 40.7 Å². The molecule has 2 amide bonds. The molecule has 0 unspecified atom stereocenters. The van der Waals surface area contributed by atoms with E-state index in [2.05, 4.69) is 15.7 Å². The molecule has 32 heavy (non-hydrogen) atoms. The van der Waals surface area contributed by atoms with Crippen molar-refractivity contribution in [2.45, 2.75) is 0 Å². The molecule has 2 aromatic carbocycles. The lowest BCUT2D eigenvalue weighted by Gasteiger charge is -2.10. The first-order valence-electron chi connectivity index (χ1n) is 9.11. The van der Waals surface area contributed by atoms with Gasteiger partial charge in [-0.3, -0.25) is 14.4 Å². The third kappa shape index (κ3) is 5.31. The number of nitrogens with zero attached hydrogens (tertiary/aromatic N) is 3. The van der Waals surface area contributed by atoms with Crippen LogP contribution in [0, 0.1) is 23.0 Å². The molecule has 0 bridgehead atoms. The number of carbonyl (C=O) groups excluding carboxylic acids is 3. The third-order valence-electron chi connectivity index (χ3n) is 4.08. The summed E-state index contributed by atoms with van der Waals surface area (Å²) < 4.78 is 32.6. The predicted molar refractivity (Wildman–Crippen MR) is 107 cm³/mol. The number of nitriles is 1. The molecule has 0 spiro atoms. The topological polar surface area (TPSA) is 126 Å². The molecule has 2 N–H and O–H groups in total. The Morgan fingerprint density at radius 2 is 1.88 bits per heavy atom. The van der Waals surface area contributed by atoms with Gasteiger partial charge in [0.15, 0.2) is 12.4 Å². The number of amides is 2. The number of hydrogen-bond acceptors (Lipinski definition) is 6. The zero-order chi connectivity index (χ0) is 23.1. The highest BCUT2D eigenvalue weighted by atomic mass is 19.1. The summed E-state index contributed by atoms with van der Waals surface area (Å²) >= 11 is 0. The van der Waals surface area contributed by atoms with Crippen LogP contribution in [0.25, 0.3) is 5.69 Å². The van der Waals surface area contributed by atoms with Crippen molar-refractivity contribution in [3.63, 3.8) is 0 Å². The van der Waals surface area contributed by atoms with E-state index >= 15 is 0 Å². The van der Waals surface area contributed by atoms with Crippen LogP contribution in [-0.2, 0) is 14.3 Å². The van der Waals surface area contributed by atoms with Crippen molar-refractivity contribution in [3.8, 4) is 11.8 Å². The number of rotatable bonds is 7. The molecule has 0 aliphatic carbocycles. The number of carbonyl (C=O) groups is 3. The van der Waals surface area contributed by atoms with Crippen LogP contribution in [0.2, 0.25) is 0 Å². The molecule has 0 fully saturated rings. The number of aromatic nitrogens is 2. The van der Waals surface area contributed by atoms with E-state index in [4.69, 9.17) is 4.74 Å². The summed E-state index contributed by atoms with van der Waals surface area (Å²) in [6.07, 6.45) is 1.28. The van der Waals surface area contributed by atoms with Crippen molar-refractivity contribution in [2.24, 2.45) is 0 Å². The zero-order valence-electron chi connectivity index (χ0n) is 16.3. The minimum Gasteiger partial charge on any atom is -0.454 e. The predicted octanol–water partition coefficient (Wildman–Crippen LogP) is 1.93. The lowest BCUT2D eigenvalue weighted by Crippen LogP contribution is -2.32. The van der Waals surface area contributed by atoms with E-state index in [1.807, 2.05) is 6.07 Å². The van der Waals surface area contributed by atoms with Crippen molar-refractivity contribution in [3.05, 3.63) is 77.5 Å². The molecule has 3 aromatic rings. The minimum atomic E-state index is -1.08. The largest absolute Gasteiger partial charge is 0.454 e. The number of ether oxygens (including phenoxy) is 1. The molecule has 0 saturated carbocycles. The van der Waals surface area contributed by atoms with Crippen LogP contribution >= 0.6 is 0 Å². The monoisotopic (exact) mass is 439 g/mol. The maximum absolute atomic E-state index is 13.6. The van der Waals surface area contributed by atoms with Crippen molar-refractivity contribution in [1.82, 2.24) is 15.1 Å². The van der Waals surface area contributed by atoms with Crippen molar-refractivity contribution >= 4 is 23.6 Å². The van der Waals surface area contributed by atoms with Gasteiger partial charge in [-0.05, 0) is 24.3 Å². The quantitative estimate of drug-likeness (QED) is 0.542. The van der Waals surface area contributed by atoms with E-state index in [0.717, 1.165) is 12.1 Å². The van der Waals surface area contributed by atoms with Gasteiger partial charge in [-0.2, -0.15) is 10.4 Å². The first kappa shape index (κ1) is 22.1. The van der Waals surface area contributed by atoms with Crippen LogP contribution in [0.3, 0.4) is 0 Å². The normalized spacial score (nSPS) is 10.2. The summed E-state index contributed by atoms with van der Waals surface area (Å²) in [5.41, 5.74) is 0.245. The zero-order valence-corrected chi connectivity index (χ0v) is 16.3. The third-order valence-corrected chi connectivity index (χ3v) is 4.08. The molecule has 3 rings (SSSR count). The Balaban J connectivity index is 1.54. The molecule has 0 aliphatic heterocycles. The van der Waals surface area contributed by atoms with Gasteiger partial charge in [0.05, 0.1) is 17.4 Å². The Labute approximate surface area is 180 Å². The first-order chi connectivity index (χ1) is 15.4. The summed E-state index contributed by atoms with van der Waals surface area (Å²) in [7, 11) is 0. The van der Waals surface area contributed by atoms with Gasteiger partial charge in [-0.1, -0.05) is 18.2 Å². The summed E-state index contributed by atoms with van der Waals surface area (Å²) in [6.45, 7) is -1.35. The number of benzene rings is 2. The Morgan fingerprint density at radius 3 is 2.56 bits per heavy atom. The van der Waals surface area contributed by atoms with Gasteiger partial charge >= 0.3 is 5.97 Å². The molecule has 0 aliphatic rings. The fourth-order valence-corrected chi connectivity index (χ4v) is 2.60. The SMILES string of the molecule is N#Cc1cnn(-c2ccccc2)c1NC(=O)COC(=O)CNC(=O)c1ccc(F)cc1F. The molecule has 0 radical (unpaired) electrons. The lowest BCUT2D eigenvalue weighted by atomic mass is 10.2. The Hall–Kier alpha value is -4.59. The summed E-state index contributed by atoms with van der Waals surface area (Å²) in [6, 6.07) is 13.0. The first-order valence-corrected chi connectivity index (χ1v) is 9.11. The van der Waals surface area contributed by atoms with Gasteiger partial charge in [-0.15, -0.1) is 0 Å². The highest BCUT2D eigenvalue weighted by Gasteiger charge is 2.17. The number of halogens is 2. The second kappa shape index (κ2) is 9.94. The molecule has 1 aromatic heterocycles. The minimum absolute atomic E-state index is 0.0971. The maximum Gasteiger partial charge on any atom is 0.325 e. The summed E-state index contributed by atoms with van der Waals surface area (Å²) in [5, 5.41) is 17.9. The Morgan fingerprint density at radius 1 is 1.12 bits per heavy atom. The molecule has 9 nitrogen and oxygen atoms in total.